The molecular formula is C16H18BrNS. The van der Waals surface area contributed by atoms with Crippen molar-refractivity contribution in [2.75, 3.05) is 6.54 Å². The molecule has 1 aromatic heterocycles. The molecule has 1 aromatic carbocycles. The summed E-state index contributed by atoms with van der Waals surface area (Å²) in [5, 5.41) is 8.01. The summed E-state index contributed by atoms with van der Waals surface area (Å²) in [4.78, 5) is 0. The van der Waals surface area contributed by atoms with Crippen molar-refractivity contribution in [3.8, 4) is 0 Å². The van der Waals surface area contributed by atoms with Crippen LogP contribution < -0.4 is 5.32 Å². The summed E-state index contributed by atoms with van der Waals surface area (Å²) in [6.07, 6.45) is 3.81. The molecule has 0 saturated heterocycles. The van der Waals surface area contributed by atoms with E-state index >= 15 is 0 Å². The lowest BCUT2D eigenvalue weighted by Gasteiger charge is -2.19. The predicted octanol–water partition coefficient (Wildman–Crippen LogP) is 4.70. The molecular weight excluding hydrogens is 318 g/mol. The first-order valence-corrected chi connectivity index (χ1v) is 8.60. The normalized spacial score (nSPS) is 15.5. The molecule has 1 aliphatic rings. The van der Waals surface area contributed by atoms with Crippen molar-refractivity contribution in [2.45, 2.75) is 32.2 Å². The number of aryl methyl sites for hydroxylation is 2. The van der Waals surface area contributed by atoms with Crippen LogP contribution in [0.25, 0.3) is 0 Å². The molecule has 2 aromatic rings. The van der Waals surface area contributed by atoms with Gasteiger partial charge in [0.1, 0.15) is 0 Å². The lowest BCUT2D eigenvalue weighted by Crippen LogP contribution is -2.22. The summed E-state index contributed by atoms with van der Waals surface area (Å²) >= 11 is 5.42. The summed E-state index contributed by atoms with van der Waals surface area (Å²) in [5.74, 6) is 0. The molecule has 3 rings (SSSR count). The third-order valence-corrected chi connectivity index (χ3v) is 5.57. The molecule has 0 fully saturated rings. The van der Waals surface area contributed by atoms with Crippen LogP contribution in [0.3, 0.4) is 0 Å². The van der Waals surface area contributed by atoms with Gasteiger partial charge in [0, 0.05) is 9.85 Å². The third kappa shape index (κ3) is 2.64. The fourth-order valence-electron chi connectivity index (χ4n) is 2.88. The molecule has 100 valence electrons. The molecule has 19 heavy (non-hydrogen) atoms. The molecule has 3 heteroatoms. The number of benzene rings is 1. The van der Waals surface area contributed by atoms with Gasteiger partial charge < -0.3 is 5.32 Å². The largest absolute Gasteiger partial charge is 0.306 e. The van der Waals surface area contributed by atoms with Crippen LogP contribution in [0.15, 0.2) is 33.4 Å². The van der Waals surface area contributed by atoms with E-state index in [-0.39, 0.29) is 0 Å². The molecule has 0 spiro atoms. The molecule has 1 N–H and O–H groups in total. The van der Waals surface area contributed by atoms with E-state index in [2.05, 4.69) is 57.1 Å². The highest BCUT2D eigenvalue weighted by atomic mass is 79.9. The van der Waals surface area contributed by atoms with Crippen LogP contribution in [0.4, 0.5) is 0 Å². The van der Waals surface area contributed by atoms with Gasteiger partial charge in [-0.15, -0.1) is 0 Å². The zero-order valence-corrected chi connectivity index (χ0v) is 13.5. The number of rotatable bonds is 4. The third-order valence-electron chi connectivity index (χ3n) is 3.82. The lowest BCUT2D eigenvalue weighted by molar-refractivity contribution is 0.630. The van der Waals surface area contributed by atoms with Crippen LogP contribution in [0.1, 0.15) is 41.6 Å². The number of halogens is 1. The summed E-state index contributed by atoms with van der Waals surface area (Å²) < 4.78 is 1.21. The van der Waals surface area contributed by atoms with Crippen LogP contribution in [-0.2, 0) is 12.8 Å². The molecule has 0 saturated carbocycles. The number of thiophene rings is 1. The topological polar surface area (TPSA) is 12.0 Å². The minimum Gasteiger partial charge on any atom is -0.306 e. The molecule has 0 amide bonds. The van der Waals surface area contributed by atoms with Crippen LogP contribution in [-0.4, -0.2) is 6.54 Å². The Hall–Kier alpha value is -0.640. The maximum Gasteiger partial charge on any atom is 0.0596 e. The van der Waals surface area contributed by atoms with Gasteiger partial charge in [-0.1, -0.05) is 25.1 Å². The number of hydrogen-bond donors (Lipinski definition) is 1. The van der Waals surface area contributed by atoms with E-state index in [9.17, 15) is 0 Å². The number of nitrogens with one attached hydrogen (secondary N) is 1. The van der Waals surface area contributed by atoms with Crippen molar-refractivity contribution in [3.63, 3.8) is 0 Å². The summed E-state index contributed by atoms with van der Waals surface area (Å²) in [6, 6.07) is 7.32. The van der Waals surface area contributed by atoms with Gasteiger partial charge in [0.15, 0.2) is 0 Å². The Labute approximate surface area is 127 Å². The Morgan fingerprint density at radius 1 is 1.26 bits per heavy atom. The van der Waals surface area contributed by atoms with E-state index in [4.69, 9.17) is 0 Å². The summed E-state index contributed by atoms with van der Waals surface area (Å²) in [6.45, 7) is 3.14. The molecule has 1 atom stereocenters. The van der Waals surface area contributed by atoms with Crippen molar-refractivity contribution >= 4 is 27.3 Å². The molecule has 1 unspecified atom stereocenters. The highest BCUT2D eigenvalue weighted by Gasteiger charge is 2.19. The maximum atomic E-state index is 3.67. The first-order valence-electron chi connectivity index (χ1n) is 6.86. The monoisotopic (exact) mass is 335 g/mol. The van der Waals surface area contributed by atoms with Crippen molar-refractivity contribution < 1.29 is 0 Å². The Morgan fingerprint density at radius 3 is 2.84 bits per heavy atom. The van der Waals surface area contributed by atoms with Gasteiger partial charge in [0.2, 0.25) is 0 Å². The Morgan fingerprint density at radius 2 is 2.11 bits per heavy atom. The summed E-state index contributed by atoms with van der Waals surface area (Å²) in [7, 11) is 0. The fourth-order valence-corrected chi connectivity index (χ4v) is 4.43. The van der Waals surface area contributed by atoms with E-state index in [0.717, 1.165) is 6.54 Å². The second kappa shape index (κ2) is 5.78. The van der Waals surface area contributed by atoms with Gasteiger partial charge in [0.25, 0.3) is 0 Å². The summed E-state index contributed by atoms with van der Waals surface area (Å²) in [5.41, 5.74) is 5.83. The second-order valence-corrected chi connectivity index (χ2v) is 6.65. The van der Waals surface area contributed by atoms with Crippen LogP contribution >= 0.6 is 27.3 Å². The molecule has 0 bridgehead atoms. The van der Waals surface area contributed by atoms with E-state index < -0.39 is 0 Å². The van der Waals surface area contributed by atoms with Gasteiger partial charge in [-0.3, -0.25) is 0 Å². The highest BCUT2D eigenvalue weighted by Crippen LogP contribution is 2.33. The van der Waals surface area contributed by atoms with Crippen LogP contribution in [0.2, 0.25) is 0 Å². The highest BCUT2D eigenvalue weighted by molar-refractivity contribution is 9.10. The first-order chi connectivity index (χ1) is 9.29. The Bertz CT molecular complexity index is 576. The number of hydrogen-bond acceptors (Lipinski definition) is 2. The zero-order chi connectivity index (χ0) is 13.2. The van der Waals surface area contributed by atoms with Gasteiger partial charge in [-0.05, 0) is 69.4 Å². The lowest BCUT2D eigenvalue weighted by atomic mass is 9.97. The van der Waals surface area contributed by atoms with Crippen molar-refractivity contribution in [1.82, 2.24) is 5.32 Å². The van der Waals surface area contributed by atoms with Gasteiger partial charge in [0.05, 0.1) is 6.04 Å². The minimum atomic E-state index is 0.302. The maximum absolute atomic E-state index is 3.67. The van der Waals surface area contributed by atoms with Crippen molar-refractivity contribution in [2.24, 2.45) is 0 Å². The molecule has 1 aliphatic carbocycles. The number of fused-ring (bicyclic) bond motifs is 1. The molecule has 0 aliphatic heterocycles. The predicted molar refractivity (Wildman–Crippen MR) is 86.0 cm³/mol. The smallest absolute Gasteiger partial charge is 0.0596 e. The van der Waals surface area contributed by atoms with E-state index in [0.29, 0.717) is 6.04 Å². The standard InChI is InChI=1S/C16H18BrNS/c1-2-18-16(14-9-19-10-15(14)17)13-7-6-11-4-3-5-12(11)8-13/h6-10,16,18H,2-5H2,1H3. The first kappa shape index (κ1) is 13.3. The minimum absolute atomic E-state index is 0.302. The van der Waals surface area contributed by atoms with Crippen LogP contribution in [0.5, 0.6) is 0 Å². The fraction of sp³-hybridized carbons (Fsp3) is 0.375. The zero-order valence-electron chi connectivity index (χ0n) is 11.1. The van der Waals surface area contributed by atoms with E-state index in [1.54, 1.807) is 22.5 Å². The van der Waals surface area contributed by atoms with Crippen molar-refractivity contribution in [1.29, 1.82) is 0 Å². The average molecular weight is 336 g/mol. The quantitative estimate of drug-likeness (QED) is 0.853. The van der Waals surface area contributed by atoms with Crippen molar-refractivity contribution in [3.05, 3.63) is 55.7 Å². The van der Waals surface area contributed by atoms with E-state index in [1.807, 2.05) is 0 Å². The van der Waals surface area contributed by atoms with Gasteiger partial charge in [-0.2, -0.15) is 11.3 Å². The Balaban J connectivity index is 1.98. The SMILES string of the molecule is CCNC(c1ccc2c(c1)CCC2)c1cscc1Br. The molecule has 1 heterocycles. The molecule has 1 nitrogen and oxygen atoms in total. The molecule has 0 radical (unpaired) electrons. The van der Waals surface area contributed by atoms with Gasteiger partial charge in [-0.25, -0.2) is 0 Å². The Kier molecular flexibility index (Phi) is 4.06. The van der Waals surface area contributed by atoms with Gasteiger partial charge >= 0.3 is 0 Å². The second-order valence-electron chi connectivity index (χ2n) is 5.05. The van der Waals surface area contributed by atoms with E-state index in [1.165, 1.54) is 34.9 Å². The van der Waals surface area contributed by atoms with Crippen LogP contribution in [0, 0.1) is 0 Å². The average Bonchev–Trinajstić information content (AvgIpc) is 3.03.